The summed E-state index contributed by atoms with van der Waals surface area (Å²) in [6, 6.07) is 0.573. The highest BCUT2D eigenvalue weighted by Crippen LogP contribution is 2.10. The summed E-state index contributed by atoms with van der Waals surface area (Å²) in [5, 5.41) is 0. The first-order valence-corrected chi connectivity index (χ1v) is 5.55. The average molecular weight is 214 g/mol. The normalized spacial score (nSPS) is 26.3. The quantitative estimate of drug-likeness (QED) is 0.638. The van der Waals surface area contributed by atoms with Crippen molar-refractivity contribution >= 4 is 5.97 Å². The van der Waals surface area contributed by atoms with Crippen LogP contribution in [-0.4, -0.2) is 62.1 Å². The Hall–Kier alpha value is -0.610. The molecule has 4 heteroatoms. The van der Waals surface area contributed by atoms with Crippen LogP contribution >= 0.6 is 0 Å². The van der Waals surface area contributed by atoms with Crippen LogP contribution in [-0.2, 0) is 9.53 Å². The second-order valence-electron chi connectivity index (χ2n) is 4.51. The van der Waals surface area contributed by atoms with Crippen molar-refractivity contribution in [3.05, 3.63) is 0 Å². The molecule has 1 aliphatic heterocycles. The van der Waals surface area contributed by atoms with Gasteiger partial charge in [-0.3, -0.25) is 9.69 Å². The molecule has 0 radical (unpaired) electrons. The molecule has 2 unspecified atom stereocenters. The van der Waals surface area contributed by atoms with Crippen molar-refractivity contribution in [2.45, 2.75) is 19.9 Å². The van der Waals surface area contributed by atoms with E-state index in [1.54, 1.807) is 0 Å². The van der Waals surface area contributed by atoms with Crippen LogP contribution in [0.2, 0.25) is 0 Å². The molecule has 0 saturated carbocycles. The topological polar surface area (TPSA) is 32.8 Å². The monoisotopic (exact) mass is 214 g/mol. The fraction of sp³-hybridized carbons (Fsp3) is 0.909. The predicted molar refractivity (Wildman–Crippen MR) is 59.7 cm³/mol. The first kappa shape index (κ1) is 12.5. The first-order chi connectivity index (χ1) is 7.04. The maximum absolute atomic E-state index is 11.3. The summed E-state index contributed by atoms with van der Waals surface area (Å²) in [4.78, 5) is 16.0. The van der Waals surface area contributed by atoms with Gasteiger partial charge in [-0.1, -0.05) is 6.92 Å². The molecule has 0 aliphatic carbocycles. The molecule has 4 nitrogen and oxygen atoms in total. The number of carbonyl (C=O) groups is 1. The number of ether oxygens (including phenoxy) is 1. The third-order valence-electron chi connectivity index (χ3n) is 3.18. The molecule has 1 fully saturated rings. The van der Waals surface area contributed by atoms with Gasteiger partial charge in [-0.15, -0.1) is 0 Å². The lowest BCUT2D eigenvalue weighted by atomic mass is 10.1. The Morgan fingerprint density at radius 1 is 1.53 bits per heavy atom. The van der Waals surface area contributed by atoms with Crippen LogP contribution in [0.4, 0.5) is 0 Å². The standard InChI is InChI=1S/C11H22N2O2/c1-9(11(14)15-4)7-13-6-5-12(3)10(2)8-13/h9-10H,5-8H2,1-4H3. The molecular weight excluding hydrogens is 192 g/mol. The van der Waals surface area contributed by atoms with E-state index in [0.717, 1.165) is 26.2 Å². The van der Waals surface area contributed by atoms with E-state index in [9.17, 15) is 4.79 Å². The molecule has 2 atom stereocenters. The predicted octanol–water partition coefficient (Wildman–Crippen LogP) is 0.431. The SMILES string of the molecule is COC(=O)C(C)CN1CCN(C)C(C)C1. The molecule has 1 saturated heterocycles. The van der Waals surface area contributed by atoms with Gasteiger partial charge in [0.05, 0.1) is 13.0 Å². The molecule has 88 valence electrons. The van der Waals surface area contributed by atoms with E-state index in [2.05, 4.69) is 23.8 Å². The van der Waals surface area contributed by atoms with Crippen LogP contribution in [0, 0.1) is 5.92 Å². The van der Waals surface area contributed by atoms with E-state index in [-0.39, 0.29) is 11.9 Å². The lowest BCUT2D eigenvalue weighted by molar-refractivity contribution is -0.145. The van der Waals surface area contributed by atoms with Gasteiger partial charge >= 0.3 is 5.97 Å². The van der Waals surface area contributed by atoms with Crippen LogP contribution in [0.15, 0.2) is 0 Å². The van der Waals surface area contributed by atoms with Crippen molar-refractivity contribution in [2.75, 3.05) is 40.3 Å². The van der Waals surface area contributed by atoms with Crippen LogP contribution in [0.1, 0.15) is 13.8 Å². The van der Waals surface area contributed by atoms with Crippen LogP contribution in [0.5, 0.6) is 0 Å². The first-order valence-electron chi connectivity index (χ1n) is 5.55. The minimum absolute atomic E-state index is 0.0226. The summed E-state index contributed by atoms with van der Waals surface area (Å²) < 4.78 is 4.73. The second kappa shape index (κ2) is 5.47. The Balaban J connectivity index is 2.36. The number of likely N-dealkylation sites (N-methyl/N-ethyl adjacent to an activating group) is 1. The molecule has 0 aromatic heterocycles. The molecule has 1 heterocycles. The van der Waals surface area contributed by atoms with Gasteiger partial charge in [-0.2, -0.15) is 0 Å². The van der Waals surface area contributed by atoms with E-state index < -0.39 is 0 Å². The Morgan fingerprint density at radius 3 is 2.73 bits per heavy atom. The zero-order chi connectivity index (χ0) is 11.4. The van der Waals surface area contributed by atoms with Crippen molar-refractivity contribution in [1.82, 2.24) is 9.80 Å². The third-order valence-corrected chi connectivity index (χ3v) is 3.18. The minimum atomic E-state index is -0.110. The van der Waals surface area contributed by atoms with E-state index in [0.29, 0.717) is 6.04 Å². The van der Waals surface area contributed by atoms with E-state index >= 15 is 0 Å². The number of piperazine rings is 1. The average Bonchev–Trinajstić information content (AvgIpc) is 2.22. The summed E-state index contributed by atoms with van der Waals surface area (Å²) in [7, 11) is 3.59. The Bertz CT molecular complexity index is 221. The Morgan fingerprint density at radius 2 is 2.20 bits per heavy atom. The van der Waals surface area contributed by atoms with Crippen LogP contribution in [0.3, 0.4) is 0 Å². The van der Waals surface area contributed by atoms with Gasteiger partial charge in [0.15, 0.2) is 0 Å². The molecular formula is C11H22N2O2. The van der Waals surface area contributed by atoms with Crippen LogP contribution in [0.25, 0.3) is 0 Å². The van der Waals surface area contributed by atoms with Gasteiger partial charge in [0, 0.05) is 32.2 Å². The van der Waals surface area contributed by atoms with Crippen molar-refractivity contribution in [1.29, 1.82) is 0 Å². The highest BCUT2D eigenvalue weighted by Gasteiger charge is 2.24. The number of esters is 1. The zero-order valence-corrected chi connectivity index (χ0v) is 10.2. The van der Waals surface area contributed by atoms with Crippen molar-refractivity contribution < 1.29 is 9.53 Å². The molecule has 0 bridgehead atoms. The van der Waals surface area contributed by atoms with Gasteiger partial charge in [-0.25, -0.2) is 0 Å². The van der Waals surface area contributed by atoms with Crippen molar-refractivity contribution in [3.8, 4) is 0 Å². The maximum atomic E-state index is 11.3. The van der Waals surface area contributed by atoms with E-state index in [1.165, 1.54) is 7.11 Å². The van der Waals surface area contributed by atoms with Gasteiger partial charge < -0.3 is 9.64 Å². The summed E-state index contributed by atoms with van der Waals surface area (Å²) in [6.07, 6.45) is 0. The summed E-state index contributed by atoms with van der Waals surface area (Å²) in [5.74, 6) is -0.132. The molecule has 0 aromatic rings. The van der Waals surface area contributed by atoms with Crippen LogP contribution < -0.4 is 0 Å². The number of hydrogen-bond acceptors (Lipinski definition) is 4. The molecule has 15 heavy (non-hydrogen) atoms. The minimum Gasteiger partial charge on any atom is -0.469 e. The second-order valence-corrected chi connectivity index (χ2v) is 4.51. The van der Waals surface area contributed by atoms with Gasteiger partial charge in [-0.05, 0) is 14.0 Å². The molecule has 1 aliphatic rings. The smallest absolute Gasteiger partial charge is 0.309 e. The Kier molecular flexibility index (Phi) is 4.54. The highest BCUT2D eigenvalue weighted by atomic mass is 16.5. The lowest BCUT2D eigenvalue weighted by Gasteiger charge is -2.38. The van der Waals surface area contributed by atoms with Crippen molar-refractivity contribution in [2.24, 2.45) is 5.92 Å². The number of methoxy groups -OCH3 is 1. The largest absolute Gasteiger partial charge is 0.469 e. The summed E-state index contributed by atoms with van der Waals surface area (Å²) in [5.41, 5.74) is 0. The maximum Gasteiger partial charge on any atom is 0.309 e. The lowest BCUT2D eigenvalue weighted by Crippen LogP contribution is -2.51. The fourth-order valence-corrected chi connectivity index (χ4v) is 1.95. The summed E-state index contributed by atoms with van der Waals surface area (Å²) in [6.45, 7) is 8.11. The molecule has 1 rings (SSSR count). The zero-order valence-electron chi connectivity index (χ0n) is 10.2. The van der Waals surface area contributed by atoms with E-state index in [1.807, 2.05) is 6.92 Å². The van der Waals surface area contributed by atoms with Gasteiger partial charge in [0.25, 0.3) is 0 Å². The van der Waals surface area contributed by atoms with E-state index in [4.69, 9.17) is 4.74 Å². The number of nitrogens with zero attached hydrogens (tertiary/aromatic N) is 2. The molecule has 0 amide bonds. The molecule has 0 aromatic carbocycles. The fourth-order valence-electron chi connectivity index (χ4n) is 1.95. The Labute approximate surface area is 92.2 Å². The highest BCUT2D eigenvalue weighted by molar-refractivity contribution is 5.72. The van der Waals surface area contributed by atoms with Gasteiger partial charge in [0.2, 0.25) is 0 Å². The molecule has 0 spiro atoms. The molecule has 0 N–H and O–H groups in total. The third kappa shape index (κ3) is 3.47. The van der Waals surface area contributed by atoms with Crippen molar-refractivity contribution in [3.63, 3.8) is 0 Å². The summed E-state index contributed by atoms with van der Waals surface area (Å²) >= 11 is 0. The number of rotatable bonds is 3. The number of carbonyl (C=O) groups excluding carboxylic acids is 1. The number of hydrogen-bond donors (Lipinski definition) is 0. The van der Waals surface area contributed by atoms with Gasteiger partial charge in [0.1, 0.15) is 0 Å².